The maximum atomic E-state index is 13.2. The van der Waals surface area contributed by atoms with E-state index < -0.39 is 16.9 Å². The van der Waals surface area contributed by atoms with Crippen LogP contribution in [0.1, 0.15) is 5.56 Å². The van der Waals surface area contributed by atoms with Crippen molar-refractivity contribution in [1.82, 2.24) is 29.4 Å². The summed E-state index contributed by atoms with van der Waals surface area (Å²) in [6.45, 7) is 0. The summed E-state index contributed by atoms with van der Waals surface area (Å²) in [5.41, 5.74) is 0.151. The molecule has 0 atom stereocenters. The van der Waals surface area contributed by atoms with Gasteiger partial charge in [0.25, 0.3) is 11.1 Å². The summed E-state index contributed by atoms with van der Waals surface area (Å²) in [4.78, 5) is 30.6. The molecule has 136 valence electrons. The van der Waals surface area contributed by atoms with Crippen LogP contribution in [-0.4, -0.2) is 29.4 Å². The van der Waals surface area contributed by atoms with Gasteiger partial charge in [-0.05, 0) is 23.8 Å². The Balaban J connectivity index is 1.81. The molecule has 0 radical (unpaired) electrons. The van der Waals surface area contributed by atoms with Crippen molar-refractivity contribution in [3.63, 3.8) is 0 Å². The molecule has 4 aromatic rings. The Hall–Kier alpha value is -2.98. The van der Waals surface area contributed by atoms with Gasteiger partial charge in [0, 0.05) is 17.0 Å². The standard InChI is InChI=1S/C16H10ClFN6O2S/c17-11-5-10(18)2-1-9(11)8-27-16-22-24-12(3-4-21-24)15(26)23(16)13-6-20-14(25)7-19-13/h1-7H,8H2,(H,20,25). The fraction of sp³-hybridized carbons (Fsp3) is 0.0625. The maximum absolute atomic E-state index is 13.2. The molecule has 8 nitrogen and oxygen atoms in total. The number of fused-ring (bicyclic) bond motifs is 1. The number of benzene rings is 1. The number of aromatic nitrogens is 6. The predicted molar refractivity (Wildman–Crippen MR) is 98.0 cm³/mol. The Kier molecular flexibility index (Phi) is 4.50. The van der Waals surface area contributed by atoms with E-state index >= 15 is 0 Å². The van der Waals surface area contributed by atoms with Gasteiger partial charge in [0.2, 0.25) is 0 Å². The van der Waals surface area contributed by atoms with Crippen LogP contribution >= 0.6 is 23.4 Å². The molecule has 3 heterocycles. The van der Waals surface area contributed by atoms with Gasteiger partial charge in [-0.3, -0.25) is 9.59 Å². The fourth-order valence-corrected chi connectivity index (χ4v) is 3.68. The summed E-state index contributed by atoms with van der Waals surface area (Å²) in [5, 5.41) is 8.90. The third-order valence-corrected chi connectivity index (χ3v) is 5.01. The number of aromatic amines is 1. The summed E-state index contributed by atoms with van der Waals surface area (Å²) in [5.74, 6) is 0.115. The number of nitrogens with zero attached hydrogens (tertiary/aromatic N) is 5. The summed E-state index contributed by atoms with van der Waals surface area (Å²) < 4.78 is 15.7. The zero-order valence-electron chi connectivity index (χ0n) is 13.5. The predicted octanol–water partition coefficient (Wildman–Crippen LogP) is 2.05. The van der Waals surface area contributed by atoms with Crippen LogP contribution in [0.15, 0.2) is 57.6 Å². The monoisotopic (exact) mass is 404 g/mol. The molecule has 1 aromatic carbocycles. The van der Waals surface area contributed by atoms with Crippen LogP contribution in [-0.2, 0) is 5.75 Å². The molecule has 0 aliphatic heterocycles. The summed E-state index contributed by atoms with van der Waals surface area (Å²) in [7, 11) is 0. The van der Waals surface area contributed by atoms with Crippen LogP contribution in [0.25, 0.3) is 11.3 Å². The molecule has 3 aromatic heterocycles. The van der Waals surface area contributed by atoms with Crippen molar-refractivity contribution in [2.75, 3.05) is 0 Å². The number of halogens is 2. The van der Waals surface area contributed by atoms with Gasteiger partial charge in [-0.25, -0.2) is 13.9 Å². The molecule has 0 aliphatic rings. The van der Waals surface area contributed by atoms with E-state index in [9.17, 15) is 14.0 Å². The molecule has 4 rings (SSSR count). The molecular formula is C16H10ClFN6O2S. The topological polar surface area (TPSA) is 97.9 Å². The van der Waals surface area contributed by atoms with Crippen molar-refractivity contribution in [1.29, 1.82) is 0 Å². The SMILES string of the molecule is O=c1cnc(-n2c(SCc3ccc(F)cc3Cl)nn3nccc3c2=O)c[nH]1. The number of hydrogen-bond donors (Lipinski definition) is 1. The first kappa shape index (κ1) is 17.4. The second kappa shape index (κ2) is 6.97. The molecule has 0 amide bonds. The van der Waals surface area contributed by atoms with Gasteiger partial charge in [-0.2, -0.15) is 5.10 Å². The Bertz CT molecular complexity index is 1250. The van der Waals surface area contributed by atoms with Crippen LogP contribution in [0.2, 0.25) is 5.02 Å². The van der Waals surface area contributed by atoms with Gasteiger partial charge in [0.15, 0.2) is 16.5 Å². The van der Waals surface area contributed by atoms with Gasteiger partial charge >= 0.3 is 0 Å². The summed E-state index contributed by atoms with van der Waals surface area (Å²) in [6.07, 6.45) is 3.86. The van der Waals surface area contributed by atoms with Crippen LogP contribution in [0.4, 0.5) is 4.39 Å². The number of hydrogen-bond acceptors (Lipinski definition) is 6. The fourth-order valence-electron chi connectivity index (χ4n) is 2.39. The zero-order chi connectivity index (χ0) is 19.0. The second-order valence-corrected chi connectivity index (χ2v) is 6.77. The lowest BCUT2D eigenvalue weighted by Gasteiger charge is -2.11. The molecule has 1 N–H and O–H groups in total. The van der Waals surface area contributed by atoms with E-state index in [1.165, 1.54) is 51.6 Å². The Morgan fingerprint density at radius 3 is 2.85 bits per heavy atom. The van der Waals surface area contributed by atoms with Gasteiger partial charge in [-0.15, -0.1) is 9.73 Å². The highest BCUT2D eigenvalue weighted by atomic mass is 35.5. The lowest BCUT2D eigenvalue weighted by molar-refractivity contribution is 0.627. The largest absolute Gasteiger partial charge is 0.324 e. The van der Waals surface area contributed by atoms with Crippen molar-refractivity contribution in [2.45, 2.75) is 10.9 Å². The maximum Gasteiger partial charge on any atom is 0.286 e. The summed E-state index contributed by atoms with van der Waals surface area (Å²) >= 11 is 7.27. The molecule has 0 spiro atoms. The van der Waals surface area contributed by atoms with Crippen molar-refractivity contribution in [3.05, 3.63) is 80.0 Å². The first-order chi connectivity index (χ1) is 13.0. The van der Waals surface area contributed by atoms with Gasteiger partial charge in [0.1, 0.15) is 5.82 Å². The van der Waals surface area contributed by atoms with Crippen LogP contribution in [0, 0.1) is 5.82 Å². The molecular weight excluding hydrogens is 395 g/mol. The van der Waals surface area contributed by atoms with Gasteiger partial charge < -0.3 is 4.98 Å². The van der Waals surface area contributed by atoms with E-state index in [0.717, 1.165) is 6.20 Å². The highest BCUT2D eigenvalue weighted by molar-refractivity contribution is 7.98. The first-order valence-electron chi connectivity index (χ1n) is 7.62. The quantitative estimate of drug-likeness (QED) is 0.523. The normalized spacial score (nSPS) is 11.2. The second-order valence-electron chi connectivity index (χ2n) is 5.42. The molecule has 11 heteroatoms. The molecule has 0 bridgehead atoms. The molecule has 27 heavy (non-hydrogen) atoms. The first-order valence-corrected chi connectivity index (χ1v) is 8.98. The van der Waals surface area contributed by atoms with Crippen LogP contribution < -0.4 is 11.1 Å². The molecule has 0 unspecified atom stereocenters. The average Bonchev–Trinajstić information content (AvgIpc) is 3.11. The third-order valence-electron chi connectivity index (χ3n) is 3.68. The smallest absolute Gasteiger partial charge is 0.286 e. The van der Waals surface area contributed by atoms with E-state index in [1.807, 2.05) is 0 Å². The van der Waals surface area contributed by atoms with Crippen molar-refractivity contribution >= 4 is 28.9 Å². The van der Waals surface area contributed by atoms with E-state index in [4.69, 9.17) is 11.6 Å². The van der Waals surface area contributed by atoms with Crippen LogP contribution in [0.5, 0.6) is 0 Å². The molecule has 0 saturated carbocycles. The number of rotatable bonds is 4. The van der Waals surface area contributed by atoms with E-state index in [1.54, 1.807) is 6.07 Å². The number of thioether (sulfide) groups is 1. The molecule has 0 saturated heterocycles. The summed E-state index contributed by atoms with van der Waals surface area (Å²) in [6, 6.07) is 5.63. The van der Waals surface area contributed by atoms with E-state index in [0.29, 0.717) is 11.3 Å². The minimum atomic E-state index is -0.431. The minimum absolute atomic E-state index is 0.212. The molecule has 0 fully saturated rings. The molecule has 0 aliphatic carbocycles. The highest BCUT2D eigenvalue weighted by Gasteiger charge is 2.16. The third kappa shape index (κ3) is 3.36. The lowest BCUT2D eigenvalue weighted by Crippen LogP contribution is -2.26. The van der Waals surface area contributed by atoms with E-state index in [-0.39, 0.29) is 21.5 Å². The van der Waals surface area contributed by atoms with Crippen molar-refractivity contribution in [2.24, 2.45) is 0 Å². The Morgan fingerprint density at radius 1 is 1.26 bits per heavy atom. The Labute approximate surface area is 159 Å². The number of H-pyrrole nitrogens is 1. The van der Waals surface area contributed by atoms with Gasteiger partial charge in [-0.1, -0.05) is 29.4 Å². The highest BCUT2D eigenvalue weighted by Crippen LogP contribution is 2.26. The Morgan fingerprint density at radius 2 is 2.11 bits per heavy atom. The minimum Gasteiger partial charge on any atom is -0.324 e. The lowest BCUT2D eigenvalue weighted by atomic mass is 10.2. The number of nitrogens with one attached hydrogen (secondary N) is 1. The van der Waals surface area contributed by atoms with Crippen LogP contribution in [0.3, 0.4) is 0 Å². The zero-order valence-corrected chi connectivity index (χ0v) is 15.0. The van der Waals surface area contributed by atoms with E-state index in [2.05, 4.69) is 20.2 Å². The van der Waals surface area contributed by atoms with Gasteiger partial charge in [0.05, 0.1) is 12.4 Å². The van der Waals surface area contributed by atoms with Crippen molar-refractivity contribution < 1.29 is 4.39 Å². The van der Waals surface area contributed by atoms with Crippen molar-refractivity contribution in [3.8, 4) is 5.82 Å². The average molecular weight is 405 g/mol.